The summed E-state index contributed by atoms with van der Waals surface area (Å²) >= 11 is 0. The van der Waals surface area contributed by atoms with Crippen LogP contribution in [-0.2, 0) is 14.4 Å². The third kappa shape index (κ3) is 6.18. The van der Waals surface area contributed by atoms with Crippen LogP contribution in [0.3, 0.4) is 0 Å². The van der Waals surface area contributed by atoms with Crippen molar-refractivity contribution in [3.63, 3.8) is 0 Å². The second-order valence-electron chi connectivity index (χ2n) is 8.70. The smallest absolute Gasteiger partial charge is 0.330 e. The van der Waals surface area contributed by atoms with Crippen molar-refractivity contribution in [2.45, 2.75) is 60.6 Å². The molecule has 1 saturated heterocycles. The molecule has 162 valence electrons. The quantitative estimate of drug-likeness (QED) is 0.529. The van der Waals surface area contributed by atoms with E-state index in [1.807, 2.05) is 33.8 Å². The third-order valence-electron chi connectivity index (χ3n) is 5.13. The van der Waals surface area contributed by atoms with E-state index in [4.69, 9.17) is 14.3 Å². The highest BCUT2D eigenvalue weighted by Gasteiger charge is 2.36. The average Bonchev–Trinajstić information content (AvgIpc) is 2.63. The second kappa shape index (κ2) is 9.13. The van der Waals surface area contributed by atoms with E-state index in [1.54, 1.807) is 17.2 Å². The van der Waals surface area contributed by atoms with E-state index in [0.29, 0.717) is 18.8 Å². The maximum absolute atomic E-state index is 12.1. The van der Waals surface area contributed by atoms with Gasteiger partial charge in [-0.25, -0.2) is 4.79 Å². The molecule has 29 heavy (non-hydrogen) atoms. The Morgan fingerprint density at radius 3 is 2.17 bits per heavy atom. The van der Waals surface area contributed by atoms with Gasteiger partial charge in [-0.2, -0.15) is 0 Å². The highest BCUT2D eigenvalue weighted by atomic mass is 16.7. The van der Waals surface area contributed by atoms with Crippen LogP contribution in [0.15, 0.2) is 18.2 Å². The lowest BCUT2D eigenvalue weighted by molar-refractivity contribution is -0.215. The number of hydroxylamine groups is 2. The molecular formula is C22H34N2O5. The van der Waals surface area contributed by atoms with Crippen molar-refractivity contribution in [1.29, 1.82) is 0 Å². The number of carbonyl (C=O) groups excluding carboxylic acids is 2. The number of nitrogens with zero attached hydrogens (tertiary/aromatic N) is 2. The molecule has 0 amide bonds. The molecule has 0 radical (unpaired) electrons. The van der Waals surface area contributed by atoms with Gasteiger partial charge in [-0.15, -0.1) is 5.06 Å². The number of rotatable bonds is 6. The molecule has 2 rings (SSSR count). The van der Waals surface area contributed by atoms with Crippen molar-refractivity contribution in [2.24, 2.45) is 5.41 Å². The molecule has 0 bridgehead atoms. The van der Waals surface area contributed by atoms with E-state index < -0.39 is 11.1 Å². The third-order valence-corrected chi connectivity index (χ3v) is 5.13. The molecule has 1 atom stereocenters. The molecule has 0 aromatic heterocycles. The number of aryl methyl sites for hydroxylation is 1. The molecule has 1 aliphatic rings. The van der Waals surface area contributed by atoms with E-state index in [2.05, 4.69) is 18.7 Å². The van der Waals surface area contributed by atoms with Crippen LogP contribution in [0.1, 0.15) is 53.5 Å². The fraction of sp³-hybridized carbons (Fsp3) is 0.636. The number of hydrogen-bond acceptors (Lipinski definition) is 7. The monoisotopic (exact) mass is 406 g/mol. The largest absolute Gasteiger partial charge is 0.473 e. The molecule has 1 heterocycles. The van der Waals surface area contributed by atoms with Gasteiger partial charge in [0, 0.05) is 33.1 Å². The summed E-state index contributed by atoms with van der Waals surface area (Å²) in [5.41, 5.74) is -0.108. The first-order valence-electron chi connectivity index (χ1n) is 10.1. The first-order valence-corrected chi connectivity index (χ1v) is 10.1. The zero-order valence-corrected chi connectivity index (χ0v) is 18.7. The zero-order chi connectivity index (χ0) is 21.8. The Morgan fingerprint density at radius 2 is 1.69 bits per heavy atom. The van der Waals surface area contributed by atoms with Crippen LogP contribution in [0.2, 0.25) is 0 Å². The van der Waals surface area contributed by atoms with Gasteiger partial charge in [0.2, 0.25) is 0 Å². The number of ether oxygens (including phenoxy) is 2. The number of carbonyl (C=O) groups is 2. The molecule has 7 heteroatoms. The predicted octanol–water partition coefficient (Wildman–Crippen LogP) is 3.55. The molecule has 1 fully saturated rings. The minimum absolute atomic E-state index is 0.219. The fourth-order valence-corrected chi connectivity index (χ4v) is 3.07. The molecule has 1 aromatic rings. The van der Waals surface area contributed by atoms with Crippen LogP contribution in [0.25, 0.3) is 0 Å². The SMILES string of the molecule is CCC(C)(Oc1ccc(OC(C)=O)cc1C)N1CCN(OC(=O)C(C)(C)C)CC1. The lowest BCUT2D eigenvalue weighted by Crippen LogP contribution is -2.58. The standard InChI is InChI=1S/C22H34N2O5/c1-8-22(7,28-19-10-9-18(15-16(19)2)27-17(3)25)23-11-13-24(14-12-23)29-20(26)21(4,5)6/h9-10,15H,8,11-14H2,1-7H3. The van der Waals surface area contributed by atoms with Gasteiger partial charge in [0.1, 0.15) is 11.5 Å². The number of benzene rings is 1. The Balaban J connectivity index is 2.01. The van der Waals surface area contributed by atoms with Crippen molar-refractivity contribution in [3.8, 4) is 11.5 Å². The molecular weight excluding hydrogens is 372 g/mol. The Kier molecular flexibility index (Phi) is 7.30. The molecule has 7 nitrogen and oxygen atoms in total. The van der Waals surface area contributed by atoms with Crippen molar-refractivity contribution in [1.82, 2.24) is 9.96 Å². The van der Waals surface area contributed by atoms with Crippen LogP contribution >= 0.6 is 0 Å². The summed E-state index contributed by atoms with van der Waals surface area (Å²) in [4.78, 5) is 31.0. The van der Waals surface area contributed by atoms with Gasteiger partial charge in [0.15, 0.2) is 5.72 Å². The van der Waals surface area contributed by atoms with Gasteiger partial charge >= 0.3 is 11.9 Å². The van der Waals surface area contributed by atoms with Gasteiger partial charge in [-0.05, 0) is 64.8 Å². The summed E-state index contributed by atoms with van der Waals surface area (Å²) in [5.74, 6) is 0.701. The molecule has 0 saturated carbocycles. The normalized spacial score (nSPS) is 18.0. The van der Waals surface area contributed by atoms with E-state index in [1.165, 1.54) is 6.92 Å². The van der Waals surface area contributed by atoms with Crippen LogP contribution in [0.4, 0.5) is 0 Å². The van der Waals surface area contributed by atoms with Gasteiger partial charge in [-0.3, -0.25) is 9.69 Å². The number of piperazine rings is 1. The van der Waals surface area contributed by atoms with Crippen molar-refractivity contribution < 1.29 is 23.9 Å². The maximum Gasteiger partial charge on any atom is 0.330 e. The topological polar surface area (TPSA) is 68.3 Å². The molecule has 0 N–H and O–H groups in total. The lowest BCUT2D eigenvalue weighted by Gasteiger charge is -2.45. The maximum atomic E-state index is 12.1. The zero-order valence-electron chi connectivity index (χ0n) is 18.7. The summed E-state index contributed by atoms with van der Waals surface area (Å²) < 4.78 is 11.5. The first kappa shape index (κ1) is 23.2. The molecule has 0 spiro atoms. The van der Waals surface area contributed by atoms with Crippen LogP contribution < -0.4 is 9.47 Å². The fourth-order valence-electron chi connectivity index (χ4n) is 3.07. The summed E-state index contributed by atoms with van der Waals surface area (Å²) in [7, 11) is 0. The lowest BCUT2D eigenvalue weighted by atomic mass is 9.98. The molecule has 1 aliphatic heterocycles. The van der Waals surface area contributed by atoms with Crippen LogP contribution in [-0.4, -0.2) is 53.8 Å². The van der Waals surface area contributed by atoms with Crippen molar-refractivity contribution >= 4 is 11.9 Å². The Bertz CT molecular complexity index is 735. The number of esters is 1. The predicted molar refractivity (Wildman–Crippen MR) is 111 cm³/mol. The van der Waals surface area contributed by atoms with Crippen molar-refractivity contribution in [3.05, 3.63) is 23.8 Å². The Morgan fingerprint density at radius 1 is 1.07 bits per heavy atom. The van der Waals surface area contributed by atoms with Gasteiger partial charge in [0.05, 0.1) is 5.41 Å². The summed E-state index contributed by atoms with van der Waals surface area (Å²) in [6, 6.07) is 5.38. The molecule has 1 aromatic carbocycles. The van der Waals surface area contributed by atoms with Crippen LogP contribution in [0, 0.1) is 12.3 Å². The average molecular weight is 407 g/mol. The number of hydrogen-bond donors (Lipinski definition) is 0. The molecule has 1 unspecified atom stereocenters. The van der Waals surface area contributed by atoms with E-state index in [-0.39, 0.29) is 11.9 Å². The summed E-state index contributed by atoms with van der Waals surface area (Å²) in [6.07, 6.45) is 0.792. The van der Waals surface area contributed by atoms with Gasteiger partial charge in [0.25, 0.3) is 0 Å². The second-order valence-corrected chi connectivity index (χ2v) is 8.70. The van der Waals surface area contributed by atoms with Gasteiger partial charge in [-0.1, -0.05) is 6.92 Å². The van der Waals surface area contributed by atoms with E-state index in [0.717, 1.165) is 30.8 Å². The van der Waals surface area contributed by atoms with E-state index in [9.17, 15) is 9.59 Å². The minimum atomic E-state index is -0.520. The highest BCUT2D eigenvalue weighted by Crippen LogP contribution is 2.31. The minimum Gasteiger partial charge on any atom is -0.473 e. The van der Waals surface area contributed by atoms with Crippen LogP contribution in [0.5, 0.6) is 11.5 Å². The van der Waals surface area contributed by atoms with E-state index >= 15 is 0 Å². The molecule has 0 aliphatic carbocycles. The van der Waals surface area contributed by atoms with Gasteiger partial charge < -0.3 is 14.3 Å². The van der Waals surface area contributed by atoms with Crippen molar-refractivity contribution in [2.75, 3.05) is 26.2 Å². The Labute approximate surface area is 173 Å². The first-order chi connectivity index (χ1) is 13.4. The summed E-state index contributed by atoms with van der Waals surface area (Å²) in [5, 5.41) is 1.74. The Hall–Kier alpha value is -2.12. The summed E-state index contributed by atoms with van der Waals surface area (Å²) in [6.45, 7) is 15.7. The highest BCUT2D eigenvalue weighted by molar-refractivity contribution is 5.75.